The van der Waals surface area contributed by atoms with E-state index in [4.69, 9.17) is 0 Å². The molecule has 0 aliphatic heterocycles. The summed E-state index contributed by atoms with van der Waals surface area (Å²) in [5.41, 5.74) is 0. The van der Waals surface area contributed by atoms with Crippen LogP contribution in [0.3, 0.4) is 0 Å². The molecule has 16 heavy (non-hydrogen) atoms. The Morgan fingerprint density at radius 2 is 2.00 bits per heavy atom. The molecule has 0 spiro atoms. The molecule has 0 aromatic rings. The molecule has 1 fully saturated rings. The highest BCUT2D eigenvalue weighted by Gasteiger charge is 2.24. The summed E-state index contributed by atoms with van der Waals surface area (Å²) < 4.78 is 0. The van der Waals surface area contributed by atoms with Crippen LogP contribution in [-0.4, -0.2) is 24.4 Å². The lowest BCUT2D eigenvalue weighted by atomic mass is 9.94. The van der Waals surface area contributed by atoms with E-state index in [1.807, 2.05) is 6.08 Å². The largest absolute Gasteiger partial charge is 0.352 e. The number of carbonyl (C=O) groups excluding carboxylic acids is 2. The van der Waals surface area contributed by atoms with Crippen LogP contribution in [0.5, 0.6) is 0 Å². The average Bonchev–Trinajstić information content (AvgIpc) is 3.11. The van der Waals surface area contributed by atoms with Crippen LogP contribution >= 0.6 is 0 Å². The van der Waals surface area contributed by atoms with Gasteiger partial charge in [0.15, 0.2) is 0 Å². The van der Waals surface area contributed by atoms with Crippen LogP contribution in [0.15, 0.2) is 12.2 Å². The van der Waals surface area contributed by atoms with Crippen molar-refractivity contribution >= 4 is 11.8 Å². The normalized spacial score (nSPS) is 23.9. The highest BCUT2D eigenvalue weighted by atomic mass is 16.2. The van der Waals surface area contributed by atoms with Gasteiger partial charge in [0.05, 0.1) is 6.54 Å². The second-order valence-electron chi connectivity index (χ2n) is 4.54. The summed E-state index contributed by atoms with van der Waals surface area (Å²) >= 11 is 0. The first-order chi connectivity index (χ1) is 7.75. The van der Waals surface area contributed by atoms with Crippen LogP contribution in [0, 0.1) is 5.92 Å². The maximum atomic E-state index is 11.7. The zero-order valence-electron chi connectivity index (χ0n) is 9.37. The van der Waals surface area contributed by atoms with Gasteiger partial charge < -0.3 is 10.6 Å². The van der Waals surface area contributed by atoms with Crippen molar-refractivity contribution in [3.63, 3.8) is 0 Å². The fourth-order valence-corrected chi connectivity index (χ4v) is 1.85. The number of allylic oxidation sites excluding steroid dienone is 2. The van der Waals surface area contributed by atoms with Crippen molar-refractivity contribution in [2.75, 3.05) is 6.54 Å². The van der Waals surface area contributed by atoms with Crippen molar-refractivity contribution in [2.24, 2.45) is 5.92 Å². The Morgan fingerprint density at radius 1 is 1.19 bits per heavy atom. The first-order valence-corrected chi connectivity index (χ1v) is 5.98. The fraction of sp³-hybridized carbons (Fsp3) is 0.667. The standard InChI is InChI=1S/C12H18N2O2/c15-11(14-10-6-7-10)8-13-12(16)9-4-2-1-3-5-9/h1-2,9-10H,3-8H2,(H,13,16)(H,14,15)/t9-/m0/s1. The van der Waals surface area contributed by atoms with Crippen LogP contribution in [0.2, 0.25) is 0 Å². The van der Waals surface area contributed by atoms with Crippen molar-refractivity contribution < 1.29 is 9.59 Å². The van der Waals surface area contributed by atoms with Gasteiger partial charge in [-0.15, -0.1) is 0 Å². The van der Waals surface area contributed by atoms with Crippen molar-refractivity contribution in [1.29, 1.82) is 0 Å². The van der Waals surface area contributed by atoms with E-state index in [1.165, 1.54) is 0 Å². The smallest absolute Gasteiger partial charge is 0.239 e. The Bertz CT molecular complexity index is 308. The van der Waals surface area contributed by atoms with Gasteiger partial charge in [0.2, 0.25) is 11.8 Å². The molecule has 1 saturated carbocycles. The zero-order chi connectivity index (χ0) is 11.4. The van der Waals surface area contributed by atoms with E-state index >= 15 is 0 Å². The molecule has 4 nitrogen and oxygen atoms in total. The van der Waals surface area contributed by atoms with Crippen LogP contribution < -0.4 is 10.6 Å². The lowest BCUT2D eigenvalue weighted by Gasteiger charge is -2.16. The molecule has 2 aliphatic carbocycles. The third-order valence-electron chi connectivity index (χ3n) is 3.01. The van der Waals surface area contributed by atoms with Crippen LogP contribution in [0.1, 0.15) is 32.1 Å². The van der Waals surface area contributed by atoms with E-state index in [0.29, 0.717) is 6.04 Å². The Hall–Kier alpha value is -1.32. The number of rotatable bonds is 4. The molecule has 4 heteroatoms. The van der Waals surface area contributed by atoms with E-state index < -0.39 is 0 Å². The third kappa shape index (κ3) is 3.36. The van der Waals surface area contributed by atoms with Crippen molar-refractivity contribution in [1.82, 2.24) is 10.6 Å². The van der Waals surface area contributed by atoms with Crippen molar-refractivity contribution in [3.05, 3.63) is 12.2 Å². The Labute approximate surface area is 95.5 Å². The summed E-state index contributed by atoms with van der Waals surface area (Å²) in [4.78, 5) is 23.0. The van der Waals surface area contributed by atoms with Gasteiger partial charge in [-0.05, 0) is 32.1 Å². The molecule has 0 heterocycles. The number of hydrogen-bond acceptors (Lipinski definition) is 2. The molecule has 0 saturated heterocycles. The first kappa shape index (κ1) is 11.2. The number of carbonyl (C=O) groups is 2. The van der Waals surface area contributed by atoms with Gasteiger partial charge in [-0.3, -0.25) is 9.59 Å². The summed E-state index contributed by atoms with van der Waals surface area (Å²) in [6.45, 7) is 0.121. The van der Waals surface area contributed by atoms with Gasteiger partial charge in [-0.1, -0.05) is 12.2 Å². The van der Waals surface area contributed by atoms with E-state index in [1.54, 1.807) is 0 Å². The maximum Gasteiger partial charge on any atom is 0.239 e. The molecule has 0 bridgehead atoms. The van der Waals surface area contributed by atoms with Crippen molar-refractivity contribution in [3.8, 4) is 0 Å². The Morgan fingerprint density at radius 3 is 2.62 bits per heavy atom. The summed E-state index contributed by atoms with van der Waals surface area (Å²) in [7, 11) is 0. The SMILES string of the molecule is O=C(CNC(=O)[C@H]1CC=CCC1)NC1CC1. The molecule has 2 aliphatic rings. The minimum atomic E-state index is -0.0674. The predicted molar refractivity (Wildman–Crippen MR) is 60.7 cm³/mol. The first-order valence-electron chi connectivity index (χ1n) is 5.98. The maximum absolute atomic E-state index is 11.7. The Balaban J connectivity index is 1.65. The second-order valence-corrected chi connectivity index (χ2v) is 4.54. The summed E-state index contributed by atoms with van der Waals surface area (Å²) in [5.74, 6) is -0.00350. The second kappa shape index (κ2) is 5.14. The molecule has 0 aromatic carbocycles. The van der Waals surface area contributed by atoms with E-state index in [-0.39, 0.29) is 24.3 Å². The highest BCUT2D eigenvalue weighted by Crippen LogP contribution is 2.19. The van der Waals surface area contributed by atoms with Gasteiger partial charge in [0, 0.05) is 12.0 Å². The van der Waals surface area contributed by atoms with Gasteiger partial charge in [0.25, 0.3) is 0 Å². The zero-order valence-corrected chi connectivity index (χ0v) is 9.37. The number of amides is 2. The summed E-state index contributed by atoms with van der Waals surface area (Å²) in [5, 5.41) is 5.54. The molecular formula is C12H18N2O2. The quantitative estimate of drug-likeness (QED) is 0.689. The molecule has 0 radical (unpaired) electrons. The minimum Gasteiger partial charge on any atom is -0.352 e. The van der Waals surface area contributed by atoms with Gasteiger partial charge in [-0.25, -0.2) is 0 Å². The molecular weight excluding hydrogens is 204 g/mol. The molecule has 1 atom stereocenters. The minimum absolute atomic E-state index is 0.00953. The van der Waals surface area contributed by atoms with E-state index in [0.717, 1.165) is 32.1 Å². The number of hydrogen-bond donors (Lipinski definition) is 2. The van der Waals surface area contributed by atoms with Crippen LogP contribution in [0.25, 0.3) is 0 Å². The Kier molecular flexibility index (Phi) is 3.59. The van der Waals surface area contributed by atoms with Gasteiger partial charge >= 0.3 is 0 Å². The lowest BCUT2D eigenvalue weighted by molar-refractivity contribution is -0.128. The summed E-state index contributed by atoms with van der Waals surface area (Å²) in [6.07, 6.45) is 8.96. The molecule has 0 aromatic heterocycles. The molecule has 88 valence electrons. The monoisotopic (exact) mass is 222 g/mol. The van der Waals surface area contributed by atoms with E-state index in [9.17, 15) is 9.59 Å². The van der Waals surface area contributed by atoms with Crippen LogP contribution in [0.4, 0.5) is 0 Å². The molecule has 0 unspecified atom stereocenters. The highest BCUT2D eigenvalue weighted by molar-refractivity contribution is 5.86. The van der Waals surface area contributed by atoms with Crippen LogP contribution in [-0.2, 0) is 9.59 Å². The van der Waals surface area contributed by atoms with Crippen molar-refractivity contribution in [2.45, 2.75) is 38.1 Å². The molecule has 2 amide bonds. The topological polar surface area (TPSA) is 58.2 Å². The average molecular weight is 222 g/mol. The third-order valence-corrected chi connectivity index (χ3v) is 3.01. The lowest BCUT2D eigenvalue weighted by Crippen LogP contribution is -2.40. The fourth-order valence-electron chi connectivity index (χ4n) is 1.85. The number of nitrogens with one attached hydrogen (secondary N) is 2. The molecule has 2 N–H and O–H groups in total. The summed E-state index contributed by atoms with van der Waals surface area (Å²) in [6, 6.07) is 0.363. The van der Waals surface area contributed by atoms with Gasteiger partial charge in [0.1, 0.15) is 0 Å². The van der Waals surface area contributed by atoms with Gasteiger partial charge in [-0.2, -0.15) is 0 Å². The molecule has 2 rings (SSSR count). The predicted octanol–water partition coefficient (Wildman–Crippen LogP) is 0.737. The van der Waals surface area contributed by atoms with E-state index in [2.05, 4.69) is 16.7 Å².